The van der Waals surface area contributed by atoms with Crippen molar-refractivity contribution >= 4 is 6.03 Å². The second kappa shape index (κ2) is 6.65. The van der Waals surface area contributed by atoms with Crippen molar-refractivity contribution in [3.8, 4) is 0 Å². The van der Waals surface area contributed by atoms with Crippen LogP contribution in [0.15, 0.2) is 0 Å². The summed E-state index contributed by atoms with van der Waals surface area (Å²) in [7, 11) is 0. The van der Waals surface area contributed by atoms with Crippen molar-refractivity contribution < 1.29 is 4.79 Å². The lowest BCUT2D eigenvalue weighted by atomic mass is 9.95. The molecule has 0 spiro atoms. The van der Waals surface area contributed by atoms with Crippen LogP contribution in [0.4, 0.5) is 4.79 Å². The quantitative estimate of drug-likeness (QED) is 0.624. The molecule has 0 unspecified atom stereocenters. The van der Waals surface area contributed by atoms with Crippen molar-refractivity contribution in [3.05, 3.63) is 0 Å². The van der Waals surface area contributed by atoms with Crippen molar-refractivity contribution in [2.75, 3.05) is 26.2 Å². The standard InChI is InChI=1S/C10H21N3O/c1-2-12-10(14)13-8-5-9-3-6-11-7-4-9/h9,11H,2-8H2,1H3,(H2,12,13,14). The molecule has 1 saturated heterocycles. The summed E-state index contributed by atoms with van der Waals surface area (Å²) in [6.45, 7) is 5.68. The SMILES string of the molecule is CCNC(=O)NCCC1CCNCC1. The largest absolute Gasteiger partial charge is 0.338 e. The van der Waals surface area contributed by atoms with E-state index >= 15 is 0 Å². The van der Waals surface area contributed by atoms with Crippen molar-refractivity contribution in [3.63, 3.8) is 0 Å². The van der Waals surface area contributed by atoms with Crippen molar-refractivity contribution in [2.45, 2.75) is 26.2 Å². The Labute approximate surface area is 85.8 Å². The summed E-state index contributed by atoms with van der Waals surface area (Å²) >= 11 is 0. The first-order valence-corrected chi connectivity index (χ1v) is 5.55. The van der Waals surface area contributed by atoms with E-state index in [1.54, 1.807) is 0 Å². The van der Waals surface area contributed by atoms with Crippen LogP contribution in [0, 0.1) is 5.92 Å². The molecule has 4 nitrogen and oxygen atoms in total. The van der Waals surface area contributed by atoms with E-state index in [1.165, 1.54) is 12.8 Å². The zero-order valence-electron chi connectivity index (χ0n) is 8.94. The van der Waals surface area contributed by atoms with Crippen molar-refractivity contribution in [1.29, 1.82) is 0 Å². The van der Waals surface area contributed by atoms with E-state index in [4.69, 9.17) is 0 Å². The molecular formula is C10H21N3O. The lowest BCUT2D eigenvalue weighted by molar-refractivity contribution is 0.239. The molecule has 4 heteroatoms. The first kappa shape index (κ1) is 11.3. The number of piperidine rings is 1. The number of amides is 2. The predicted octanol–water partition coefficient (Wildman–Crippen LogP) is 0.695. The van der Waals surface area contributed by atoms with Crippen LogP contribution in [0.3, 0.4) is 0 Å². The van der Waals surface area contributed by atoms with Gasteiger partial charge in [0, 0.05) is 13.1 Å². The van der Waals surface area contributed by atoms with Gasteiger partial charge in [-0.1, -0.05) is 0 Å². The highest BCUT2D eigenvalue weighted by molar-refractivity contribution is 5.73. The summed E-state index contributed by atoms with van der Waals surface area (Å²) in [5.74, 6) is 0.790. The van der Waals surface area contributed by atoms with E-state index in [1.807, 2.05) is 6.92 Å². The van der Waals surface area contributed by atoms with Crippen molar-refractivity contribution in [1.82, 2.24) is 16.0 Å². The zero-order chi connectivity index (χ0) is 10.2. The third-order valence-electron chi connectivity index (χ3n) is 2.63. The van der Waals surface area contributed by atoms with E-state index < -0.39 is 0 Å². The number of carbonyl (C=O) groups is 1. The van der Waals surface area contributed by atoms with Gasteiger partial charge in [-0.05, 0) is 45.2 Å². The van der Waals surface area contributed by atoms with Gasteiger partial charge in [-0.2, -0.15) is 0 Å². The minimum absolute atomic E-state index is 0.0403. The molecule has 82 valence electrons. The Balaban J connectivity index is 1.99. The van der Waals surface area contributed by atoms with Gasteiger partial charge in [-0.3, -0.25) is 0 Å². The highest BCUT2D eigenvalue weighted by atomic mass is 16.2. The fraction of sp³-hybridized carbons (Fsp3) is 0.900. The lowest BCUT2D eigenvalue weighted by Crippen LogP contribution is -2.37. The lowest BCUT2D eigenvalue weighted by Gasteiger charge is -2.22. The van der Waals surface area contributed by atoms with E-state index in [2.05, 4.69) is 16.0 Å². The maximum Gasteiger partial charge on any atom is 0.314 e. The van der Waals surface area contributed by atoms with Gasteiger partial charge in [0.05, 0.1) is 0 Å². The Morgan fingerprint density at radius 1 is 1.36 bits per heavy atom. The average Bonchev–Trinajstić information content (AvgIpc) is 2.20. The molecule has 1 heterocycles. The number of urea groups is 1. The van der Waals surface area contributed by atoms with Gasteiger partial charge in [-0.15, -0.1) is 0 Å². The maximum absolute atomic E-state index is 11.1. The summed E-state index contributed by atoms with van der Waals surface area (Å²) in [6, 6.07) is -0.0403. The van der Waals surface area contributed by atoms with Gasteiger partial charge < -0.3 is 16.0 Å². The van der Waals surface area contributed by atoms with Crippen LogP contribution in [0.5, 0.6) is 0 Å². The van der Waals surface area contributed by atoms with Crippen molar-refractivity contribution in [2.24, 2.45) is 5.92 Å². The molecule has 3 N–H and O–H groups in total. The number of nitrogens with one attached hydrogen (secondary N) is 3. The molecule has 0 bridgehead atoms. The Morgan fingerprint density at radius 3 is 2.71 bits per heavy atom. The minimum Gasteiger partial charge on any atom is -0.338 e. The van der Waals surface area contributed by atoms with Gasteiger partial charge in [0.2, 0.25) is 0 Å². The fourth-order valence-corrected chi connectivity index (χ4v) is 1.78. The summed E-state index contributed by atoms with van der Waals surface area (Å²) in [4.78, 5) is 11.1. The monoisotopic (exact) mass is 199 g/mol. The highest BCUT2D eigenvalue weighted by Gasteiger charge is 2.12. The minimum atomic E-state index is -0.0403. The number of rotatable bonds is 4. The van der Waals surface area contributed by atoms with Crippen LogP contribution in [-0.4, -0.2) is 32.2 Å². The molecule has 0 aromatic heterocycles. The Kier molecular flexibility index (Phi) is 5.37. The normalized spacial score (nSPS) is 17.8. The van der Waals surface area contributed by atoms with E-state index in [0.717, 1.165) is 32.0 Å². The van der Waals surface area contributed by atoms with Crippen LogP contribution in [0.25, 0.3) is 0 Å². The highest BCUT2D eigenvalue weighted by Crippen LogP contribution is 2.14. The summed E-state index contributed by atoms with van der Waals surface area (Å²) in [5, 5.41) is 8.92. The summed E-state index contributed by atoms with van der Waals surface area (Å²) < 4.78 is 0. The Morgan fingerprint density at radius 2 is 2.07 bits per heavy atom. The van der Waals surface area contributed by atoms with Crippen LogP contribution in [0.1, 0.15) is 26.2 Å². The molecule has 0 aromatic carbocycles. The molecule has 1 fully saturated rings. The van der Waals surface area contributed by atoms with Crippen LogP contribution < -0.4 is 16.0 Å². The van der Waals surface area contributed by atoms with Gasteiger partial charge in [0.15, 0.2) is 0 Å². The van der Waals surface area contributed by atoms with Gasteiger partial charge in [0.25, 0.3) is 0 Å². The smallest absolute Gasteiger partial charge is 0.314 e. The maximum atomic E-state index is 11.1. The van der Waals surface area contributed by atoms with Gasteiger partial charge >= 0.3 is 6.03 Å². The number of hydrogen-bond donors (Lipinski definition) is 3. The molecule has 0 radical (unpaired) electrons. The van der Waals surface area contributed by atoms with Gasteiger partial charge in [-0.25, -0.2) is 4.79 Å². The third-order valence-corrected chi connectivity index (χ3v) is 2.63. The van der Waals surface area contributed by atoms with Crippen LogP contribution in [-0.2, 0) is 0 Å². The van der Waals surface area contributed by atoms with E-state index in [-0.39, 0.29) is 6.03 Å². The number of carbonyl (C=O) groups excluding carboxylic acids is 1. The van der Waals surface area contributed by atoms with Crippen LogP contribution in [0.2, 0.25) is 0 Å². The second-order valence-electron chi connectivity index (χ2n) is 3.77. The Bertz CT molecular complexity index is 167. The summed E-state index contributed by atoms with van der Waals surface area (Å²) in [5.41, 5.74) is 0. The van der Waals surface area contributed by atoms with Gasteiger partial charge in [0.1, 0.15) is 0 Å². The molecule has 0 aliphatic carbocycles. The zero-order valence-corrected chi connectivity index (χ0v) is 8.94. The fourth-order valence-electron chi connectivity index (χ4n) is 1.78. The predicted molar refractivity (Wildman–Crippen MR) is 57.3 cm³/mol. The molecule has 0 aromatic rings. The summed E-state index contributed by atoms with van der Waals surface area (Å²) in [6.07, 6.45) is 3.60. The molecule has 0 saturated carbocycles. The molecule has 1 aliphatic heterocycles. The van der Waals surface area contributed by atoms with E-state index in [9.17, 15) is 4.79 Å². The van der Waals surface area contributed by atoms with Crippen LogP contribution >= 0.6 is 0 Å². The number of hydrogen-bond acceptors (Lipinski definition) is 2. The molecule has 2 amide bonds. The first-order chi connectivity index (χ1) is 6.83. The third kappa shape index (κ3) is 4.46. The first-order valence-electron chi connectivity index (χ1n) is 5.55. The topological polar surface area (TPSA) is 53.2 Å². The Hall–Kier alpha value is -0.770. The second-order valence-corrected chi connectivity index (χ2v) is 3.77. The van der Waals surface area contributed by atoms with E-state index in [0.29, 0.717) is 6.54 Å². The average molecular weight is 199 g/mol. The molecular weight excluding hydrogens is 178 g/mol. The molecule has 1 aliphatic rings. The molecule has 14 heavy (non-hydrogen) atoms. The molecule has 1 rings (SSSR count). The molecule has 0 atom stereocenters.